The minimum absolute atomic E-state index is 0.0348. The Morgan fingerprint density at radius 3 is 2.29 bits per heavy atom. The van der Waals surface area contributed by atoms with Crippen LogP contribution in [0.1, 0.15) is 40.5 Å². The van der Waals surface area contributed by atoms with E-state index in [2.05, 4.69) is 67.3 Å². The van der Waals surface area contributed by atoms with E-state index in [9.17, 15) is 14.4 Å². The number of imide groups is 2. The number of likely N-dealkylation sites (N-methyl/N-ethyl adjacent to an activating group) is 2. The fourth-order valence-corrected chi connectivity index (χ4v) is 7.95. The van der Waals surface area contributed by atoms with Crippen LogP contribution in [0.5, 0.6) is 0 Å². The second-order valence-electron chi connectivity index (χ2n) is 9.52. The van der Waals surface area contributed by atoms with Crippen molar-refractivity contribution in [1.29, 1.82) is 0 Å². The number of urea groups is 1. The van der Waals surface area contributed by atoms with Gasteiger partial charge in [0.05, 0.1) is 0 Å². The number of anilines is 3. The van der Waals surface area contributed by atoms with E-state index in [0.29, 0.717) is 0 Å². The van der Waals surface area contributed by atoms with Crippen molar-refractivity contribution in [3.8, 4) is 0 Å². The van der Waals surface area contributed by atoms with Crippen molar-refractivity contribution in [2.45, 2.75) is 25.7 Å². The van der Waals surface area contributed by atoms with E-state index in [0.717, 1.165) is 20.7 Å². The van der Waals surface area contributed by atoms with E-state index in [4.69, 9.17) is 0 Å². The van der Waals surface area contributed by atoms with E-state index in [1.54, 1.807) is 6.08 Å². The molecule has 0 spiro atoms. The summed E-state index contributed by atoms with van der Waals surface area (Å²) in [5.41, 5.74) is 7.40. The predicted molar refractivity (Wildman–Crippen MR) is 132 cm³/mol. The van der Waals surface area contributed by atoms with Crippen LogP contribution in [0.3, 0.4) is 0 Å². The zero-order valence-electron chi connectivity index (χ0n) is 19.4. The first kappa shape index (κ1) is 21.1. The molecule has 1 aromatic heterocycles. The van der Waals surface area contributed by atoms with Crippen molar-refractivity contribution in [3.63, 3.8) is 0 Å². The maximum atomic E-state index is 12.8. The molecule has 3 aliphatic heterocycles. The number of hydrogen-bond acceptors (Lipinski definition) is 4. The summed E-state index contributed by atoms with van der Waals surface area (Å²) in [5.74, 6) is -1.11. The van der Waals surface area contributed by atoms with Crippen molar-refractivity contribution in [3.05, 3.63) is 80.8 Å². The van der Waals surface area contributed by atoms with E-state index >= 15 is 0 Å². The second kappa shape index (κ2) is 7.05. The molecule has 2 aromatic carbocycles. The Morgan fingerprint density at radius 1 is 0.882 bits per heavy atom. The number of carbonyl (C=O) groups is 3. The summed E-state index contributed by atoms with van der Waals surface area (Å²) in [6.07, 6.45) is 2.60. The number of fused-ring (bicyclic) bond motifs is 4. The average molecular weight is 516 g/mol. The zero-order chi connectivity index (χ0) is 23.9. The molecule has 0 saturated carbocycles. The Labute approximate surface area is 203 Å². The summed E-state index contributed by atoms with van der Waals surface area (Å²) < 4.78 is 2.20. The van der Waals surface area contributed by atoms with Crippen molar-refractivity contribution in [2.75, 3.05) is 19.0 Å². The van der Waals surface area contributed by atoms with Crippen LogP contribution in [0.2, 0.25) is 0 Å². The number of amides is 4. The third-order valence-corrected chi connectivity index (χ3v) is 9.41. The van der Waals surface area contributed by atoms with Crippen LogP contribution < -0.4 is 4.90 Å². The molecule has 0 radical (unpaired) electrons. The normalized spacial score (nSPS) is 18.1. The Morgan fingerprint density at radius 2 is 1.56 bits per heavy atom. The molecule has 34 heavy (non-hydrogen) atoms. The van der Waals surface area contributed by atoms with Crippen LogP contribution in [-0.2, 0) is 21.4 Å². The second-order valence-corrected chi connectivity index (χ2v) is 11.7. The molecule has 1 saturated heterocycles. The van der Waals surface area contributed by atoms with Gasteiger partial charge in [0.1, 0.15) is 0 Å². The quantitative estimate of drug-likeness (QED) is 0.216. The first-order chi connectivity index (χ1) is 16.2. The molecule has 7 heteroatoms. The fourth-order valence-electron chi connectivity index (χ4n) is 5.26. The maximum absolute atomic E-state index is 12.8. The van der Waals surface area contributed by atoms with Gasteiger partial charge in [0.25, 0.3) is 0 Å². The van der Waals surface area contributed by atoms with Crippen LogP contribution in [0, 0.1) is 0 Å². The number of nitrogens with zero attached hydrogens (tertiary/aromatic N) is 3. The van der Waals surface area contributed by atoms with Gasteiger partial charge < -0.3 is 0 Å². The number of para-hydroxylation sites is 2. The van der Waals surface area contributed by atoms with Gasteiger partial charge >= 0.3 is 204 Å². The number of benzene rings is 2. The minimum atomic E-state index is -0.607. The van der Waals surface area contributed by atoms with Gasteiger partial charge in [-0.1, -0.05) is 0 Å². The van der Waals surface area contributed by atoms with Gasteiger partial charge in [-0.05, 0) is 0 Å². The average Bonchev–Trinajstić information content (AvgIpc) is 3.26. The molecular formula is C27H23N3O3Se. The Kier molecular flexibility index (Phi) is 4.38. The summed E-state index contributed by atoms with van der Waals surface area (Å²) in [6.45, 7) is 4.49. The predicted octanol–water partition coefficient (Wildman–Crippen LogP) is 4.19. The van der Waals surface area contributed by atoms with E-state index in [1.165, 1.54) is 52.3 Å². The Bertz CT molecular complexity index is 1440. The third kappa shape index (κ3) is 2.71. The Balaban J connectivity index is 1.56. The molecule has 4 heterocycles. The van der Waals surface area contributed by atoms with Crippen LogP contribution in [0.4, 0.5) is 20.7 Å². The number of hydrogen-bond donors (Lipinski definition) is 0. The summed E-state index contributed by atoms with van der Waals surface area (Å²) in [6, 6.07) is 16.6. The summed E-state index contributed by atoms with van der Waals surface area (Å²) >= 11 is -0.117. The van der Waals surface area contributed by atoms with Gasteiger partial charge in [0, 0.05) is 0 Å². The van der Waals surface area contributed by atoms with Crippen molar-refractivity contribution in [2.24, 2.45) is 0 Å². The molecule has 0 unspecified atom stereocenters. The number of barbiturate groups is 1. The van der Waals surface area contributed by atoms with Crippen molar-refractivity contribution < 1.29 is 14.4 Å². The SMILES string of the molecule is CN1C(=O)C(=Cc2cc3c([se]2)N2c4ccccc4Cc4cccc(c42)C3(C)C)C(=O)N(C)C1=O. The van der Waals surface area contributed by atoms with E-state index in [1.807, 2.05) is 0 Å². The molecule has 3 aromatic rings. The summed E-state index contributed by atoms with van der Waals surface area (Å²) in [4.78, 5) is 42.1. The molecule has 0 atom stereocenters. The van der Waals surface area contributed by atoms with E-state index in [-0.39, 0.29) is 25.5 Å². The van der Waals surface area contributed by atoms with Gasteiger partial charge in [-0.15, -0.1) is 0 Å². The van der Waals surface area contributed by atoms with Crippen LogP contribution >= 0.6 is 0 Å². The third-order valence-electron chi connectivity index (χ3n) is 7.17. The zero-order valence-corrected chi connectivity index (χ0v) is 21.1. The molecule has 6 rings (SSSR count). The topological polar surface area (TPSA) is 60.9 Å². The van der Waals surface area contributed by atoms with Crippen LogP contribution in [0.15, 0.2) is 54.1 Å². The monoisotopic (exact) mass is 517 g/mol. The van der Waals surface area contributed by atoms with Crippen LogP contribution in [-0.4, -0.2) is 56.2 Å². The molecule has 6 nitrogen and oxygen atoms in total. The van der Waals surface area contributed by atoms with Crippen LogP contribution in [0.25, 0.3) is 6.08 Å². The molecule has 0 aliphatic carbocycles. The molecule has 1 fully saturated rings. The molecular weight excluding hydrogens is 493 g/mol. The first-order valence-corrected chi connectivity index (χ1v) is 12.9. The van der Waals surface area contributed by atoms with Crippen molar-refractivity contribution >= 4 is 54.4 Å². The number of rotatable bonds is 1. The van der Waals surface area contributed by atoms with Gasteiger partial charge in [0.2, 0.25) is 0 Å². The standard InChI is InChI=1S/C27H23N3O3Se/c1-27(2)19-10-7-9-16-12-15-8-5-6-11-21(15)30(22(16)19)25-20(27)14-17(34-25)13-18-23(31)28(3)26(33)29(4)24(18)32/h5-11,13-14H,12H2,1-4H3. The molecule has 0 bridgehead atoms. The van der Waals surface area contributed by atoms with E-state index < -0.39 is 17.8 Å². The van der Waals surface area contributed by atoms with Gasteiger partial charge in [-0.2, -0.15) is 0 Å². The van der Waals surface area contributed by atoms with Gasteiger partial charge in [-0.25, -0.2) is 0 Å². The number of carbonyl (C=O) groups excluding carboxylic acids is 3. The Hall–Kier alpha value is -3.41. The molecule has 0 N–H and O–H groups in total. The summed E-state index contributed by atoms with van der Waals surface area (Å²) in [5, 5.41) is 0. The molecule has 4 amide bonds. The fraction of sp³-hybridized carbons (Fsp3) is 0.222. The first-order valence-electron chi connectivity index (χ1n) is 11.2. The van der Waals surface area contributed by atoms with Gasteiger partial charge in [-0.3, -0.25) is 0 Å². The summed E-state index contributed by atoms with van der Waals surface area (Å²) in [7, 11) is 2.82. The molecule has 3 aliphatic rings. The van der Waals surface area contributed by atoms with Crippen molar-refractivity contribution in [1.82, 2.24) is 9.80 Å². The van der Waals surface area contributed by atoms with Gasteiger partial charge in [0.15, 0.2) is 0 Å². The molecule has 170 valence electrons.